The quantitative estimate of drug-likeness (QED) is 0.673. The third kappa shape index (κ3) is 2.39. The molecule has 1 aromatic carbocycles. The van der Waals surface area contributed by atoms with Crippen LogP contribution in [-0.4, -0.2) is 15.0 Å². The number of H-pyrrole nitrogens is 1. The van der Waals surface area contributed by atoms with E-state index in [1.807, 2.05) is 0 Å². The van der Waals surface area contributed by atoms with E-state index in [1.54, 1.807) is 6.07 Å². The number of hydrogen-bond acceptors (Lipinski definition) is 2. The Hall–Kier alpha value is -1.58. The number of nitrogens with one attached hydrogen (secondary N) is 1. The van der Waals surface area contributed by atoms with E-state index < -0.39 is 0 Å². The van der Waals surface area contributed by atoms with Crippen molar-refractivity contribution in [2.45, 2.75) is 19.8 Å². The van der Waals surface area contributed by atoms with Crippen molar-refractivity contribution in [3.8, 4) is 11.4 Å². The van der Waals surface area contributed by atoms with Gasteiger partial charge in [-0.2, -0.15) is 0 Å². The predicted molar refractivity (Wildman–Crippen MR) is 83.4 cm³/mol. The van der Waals surface area contributed by atoms with E-state index >= 15 is 0 Å². The summed E-state index contributed by atoms with van der Waals surface area (Å²) in [6, 6.07) is 10.1. The number of pyridine rings is 1. The minimum Gasteiger partial charge on any atom is -0.337 e. The van der Waals surface area contributed by atoms with Crippen LogP contribution in [-0.2, 0) is 0 Å². The highest BCUT2D eigenvalue weighted by molar-refractivity contribution is 6.41. The van der Waals surface area contributed by atoms with Crippen molar-refractivity contribution < 1.29 is 0 Å². The summed E-state index contributed by atoms with van der Waals surface area (Å²) in [5.41, 5.74) is 3.67. The molecule has 0 bridgehead atoms. The molecule has 20 heavy (non-hydrogen) atoms. The molecule has 0 amide bonds. The van der Waals surface area contributed by atoms with Crippen LogP contribution < -0.4 is 0 Å². The number of nitrogens with zero attached hydrogens (tertiary/aromatic N) is 2. The maximum Gasteiger partial charge on any atom is 0.179 e. The third-order valence-electron chi connectivity index (χ3n) is 3.23. The average molecular weight is 306 g/mol. The Bertz CT molecular complexity index is 722. The third-order valence-corrected chi connectivity index (χ3v) is 3.91. The second-order valence-electron chi connectivity index (χ2n) is 4.99. The lowest BCUT2D eigenvalue weighted by Gasteiger charge is -2.05. The van der Waals surface area contributed by atoms with E-state index in [-0.39, 0.29) is 5.15 Å². The van der Waals surface area contributed by atoms with Crippen molar-refractivity contribution in [2.75, 3.05) is 0 Å². The van der Waals surface area contributed by atoms with Gasteiger partial charge in [-0.1, -0.05) is 61.3 Å². The Morgan fingerprint density at radius 2 is 1.75 bits per heavy atom. The first-order valence-electron chi connectivity index (χ1n) is 6.36. The lowest BCUT2D eigenvalue weighted by Crippen LogP contribution is -1.87. The largest absolute Gasteiger partial charge is 0.337 e. The zero-order chi connectivity index (χ0) is 14.3. The normalized spacial score (nSPS) is 11.4. The fourth-order valence-electron chi connectivity index (χ4n) is 2.06. The smallest absolute Gasteiger partial charge is 0.179 e. The molecule has 0 fully saturated rings. The number of benzene rings is 1. The molecule has 102 valence electrons. The van der Waals surface area contributed by atoms with Crippen LogP contribution in [0.2, 0.25) is 10.2 Å². The van der Waals surface area contributed by atoms with Crippen molar-refractivity contribution in [2.24, 2.45) is 0 Å². The number of halogens is 2. The van der Waals surface area contributed by atoms with Crippen LogP contribution >= 0.6 is 23.2 Å². The standard InChI is InChI=1S/C15H13Cl2N3/c1-8(2)9-3-5-10(6-4-9)14-18-12-7-11(16)13(17)19-15(12)20-14/h3-8H,1-2H3,(H,18,19,20). The van der Waals surface area contributed by atoms with E-state index in [0.717, 1.165) is 16.9 Å². The van der Waals surface area contributed by atoms with Gasteiger partial charge in [-0.3, -0.25) is 0 Å². The van der Waals surface area contributed by atoms with Gasteiger partial charge >= 0.3 is 0 Å². The summed E-state index contributed by atoms with van der Waals surface area (Å²) in [6.07, 6.45) is 0. The minimum absolute atomic E-state index is 0.271. The van der Waals surface area contributed by atoms with Gasteiger partial charge in [-0.05, 0) is 17.5 Å². The molecule has 0 unspecified atom stereocenters. The predicted octanol–water partition coefficient (Wildman–Crippen LogP) is 5.06. The average Bonchev–Trinajstić information content (AvgIpc) is 2.82. The molecule has 5 heteroatoms. The van der Waals surface area contributed by atoms with Gasteiger partial charge in [-0.15, -0.1) is 0 Å². The highest BCUT2D eigenvalue weighted by Crippen LogP contribution is 2.26. The Labute approximate surface area is 127 Å². The Morgan fingerprint density at radius 1 is 1.05 bits per heavy atom. The van der Waals surface area contributed by atoms with Crippen LogP contribution in [0.4, 0.5) is 0 Å². The van der Waals surface area contributed by atoms with Gasteiger partial charge in [0, 0.05) is 5.56 Å². The molecule has 3 aromatic rings. The number of fused-ring (bicyclic) bond motifs is 1. The minimum atomic E-state index is 0.271. The SMILES string of the molecule is CC(C)c1ccc(-c2nc3nc(Cl)c(Cl)cc3[nH]2)cc1. The van der Waals surface area contributed by atoms with Crippen molar-refractivity contribution in [1.29, 1.82) is 0 Å². The van der Waals surface area contributed by atoms with E-state index in [9.17, 15) is 0 Å². The summed E-state index contributed by atoms with van der Waals surface area (Å²) >= 11 is 11.9. The number of imidazole rings is 1. The Kier molecular flexibility index (Phi) is 3.40. The number of aromatic amines is 1. The van der Waals surface area contributed by atoms with Crippen LogP contribution in [0, 0.1) is 0 Å². The Morgan fingerprint density at radius 3 is 2.40 bits per heavy atom. The monoisotopic (exact) mass is 305 g/mol. The molecule has 2 heterocycles. The van der Waals surface area contributed by atoms with Crippen LogP contribution in [0.15, 0.2) is 30.3 Å². The highest BCUT2D eigenvalue weighted by atomic mass is 35.5. The summed E-state index contributed by atoms with van der Waals surface area (Å²) in [5, 5.41) is 0.692. The zero-order valence-electron chi connectivity index (χ0n) is 11.1. The summed E-state index contributed by atoms with van der Waals surface area (Å²) in [4.78, 5) is 11.8. The van der Waals surface area contributed by atoms with Crippen molar-refractivity contribution in [1.82, 2.24) is 15.0 Å². The van der Waals surface area contributed by atoms with E-state index in [1.165, 1.54) is 5.56 Å². The van der Waals surface area contributed by atoms with Crippen molar-refractivity contribution in [3.05, 3.63) is 46.1 Å². The van der Waals surface area contributed by atoms with Gasteiger partial charge in [0.05, 0.1) is 10.5 Å². The van der Waals surface area contributed by atoms with Crippen molar-refractivity contribution in [3.63, 3.8) is 0 Å². The van der Waals surface area contributed by atoms with Gasteiger partial charge in [0.15, 0.2) is 5.65 Å². The van der Waals surface area contributed by atoms with Crippen LogP contribution in [0.25, 0.3) is 22.6 Å². The van der Waals surface area contributed by atoms with Crippen molar-refractivity contribution >= 4 is 34.4 Å². The van der Waals surface area contributed by atoms with Gasteiger partial charge in [0.2, 0.25) is 0 Å². The van der Waals surface area contributed by atoms with Gasteiger partial charge in [0.25, 0.3) is 0 Å². The maximum absolute atomic E-state index is 5.96. The molecule has 0 atom stereocenters. The van der Waals surface area contributed by atoms with Gasteiger partial charge in [-0.25, -0.2) is 9.97 Å². The molecule has 0 aliphatic heterocycles. The molecule has 0 spiro atoms. The summed E-state index contributed by atoms with van der Waals surface area (Å²) < 4.78 is 0. The molecule has 0 saturated carbocycles. The molecule has 3 nitrogen and oxygen atoms in total. The lowest BCUT2D eigenvalue weighted by atomic mass is 10.0. The van der Waals surface area contributed by atoms with E-state index in [4.69, 9.17) is 23.2 Å². The second kappa shape index (κ2) is 5.08. The molecular weight excluding hydrogens is 293 g/mol. The fraction of sp³-hybridized carbons (Fsp3) is 0.200. The molecule has 0 saturated heterocycles. The highest BCUT2D eigenvalue weighted by Gasteiger charge is 2.10. The summed E-state index contributed by atoms with van der Waals surface area (Å²) in [6.45, 7) is 4.34. The number of hydrogen-bond donors (Lipinski definition) is 1. The zero-order valence-corrected chi connectivity index (χ0v) is 12.6. The van der Waals surface area contributed by atoms with Crippen LogP contribution in [0.1, 0.15) is 25.3 Å². The summed E-state index contributed by atoms with van der Waals surface area (Å²) in [5.74, 6) is 1.28. The van der Waals surface area contributed by atoms with Crippen LogP contribution in [0.3, 0.4) is 0 Å². The fourth-order valence-corrected chi connectivity index (χ4v) is 2.34. The molecule has 0 aliphatic rings. The van der Waals surface area contributed by atoms with Gasteiger partial charge in [0.1, 0.15) is 11.0 Å². The Balaban J connectivity index is 2.05. The topological polar surface area (TPSA) is 41.6 Å². The molecule has 0 radical (unpaired) electrons. The lowest BCUT2D eigenvalue weighted by molar-refractivity contribution is 0.867. The maximum atomic E-state index is 5.96. The number of aromatic nitrogens is 3. The first-order chi connectivity index (χ1) is 9.54. The molecule has 3 rings (SSSR count). The number of rotatable bonds is 2. The molecule has 2 aromatic heterocycles. The summed E-state index contributed by atoms with van der Waals surface area (Å²) in [7, 11) is 0. The first-order valence-corrected chi connectivity index (χ1v) is 7.12. The van der Waals surface area contributed by atoms with Crippen LogP contribution in [0.5, 0.6) is 0 Å². The molecule has 0 aliphatic carbocycles. The van der Waals surface area contributed by atoms with E-state index in [0.29, 0.717) is 16.6 Å². The first kappa shape index (κ1) is 13.4. The molecular formula is C15H13Cl2N3. The second-order valence-corrected chi connectivity index (χ2v) is 5.76. The molecule has 1 N–H and O–H groups in total. The van der Waals surface area contributed by atoms with E-state index in [2.05, 4.69) is 53.1 Å². The van der Waals surface area contributed by atoms with Gasteiger partial charge < -0.3 is 4.98 Å².